The quantitative estimate of drug-likeness (QED) is 0.0479. The van der Waals surface area contributed by atoms with E-state index in [-0.39, 0.29) is 43.0 Å². The molecule has 1 heterocycles. The van der Waals surface area contributed by atoms with Crippen molar-refractivity contribution in [3.63, 3.8) is 0 Å². The fraction of sp³-hybridized carbons (Fsp3) is 0.960. The highest BCUT2D eigenvalue weighted by Crippen LogP contribution is 2.21. The van der Waals surface area contributed by atoms with E-state index in [0.717, 1.165) is 90.1 Å². The first-order valence-corrected chi connectivity index (χ1v) is 25.4. The molecule has 0 aromatic heterocycles. The van der Waals surface area contributed by atoms with Gasteiger partial charge in [-0.1, -0.05) is 156 Å². The first kappa shape index (κ1) is 54.8. The zero-order valence-electron chi connectivity index (χ0n) is 38.9. The molecule has 58 heavy (non-hydrogen) atoms. The van der Waals surface area contributed by atoms with Crippen LogP contribution in [0.4, 0.5) is 0 Å². The van der Waals surface area contributed by atoms with E-state index >= 15 is 0 Å². The Morgan fingerprint density at radius 2 is 0.776 bits per heavy atom. The summed E-state index contributed by atoms with van der Waals surface area (Å²) >= 11 is 0. The molecule has 1 N–H and O–H groups in total. The molecule has 0 spiro atoms. The number of rotatable bonds is 44. The second kappa shape index (κ2) is 41.1. The van der Waals surface area contributed by atoms with Crippen molar-refractivity contribution in [3.8, 4) is 0 Å². The average Bonchev–Trinajstić information content (AvgIpc) is 3.60. The van der Waals surface area contributed by atoms with Crippen molar-refractivity contribution in [2.24, 2.45) is 0 Å². The Hall–Kier alpha value is -1.22. The van der Waals surface area contributed by atoms with E-state index in [2.05, 4.69) is 32.6 Å². The molecule has 0 aromatic carbocycles. The van der Waals surface area contributed by atoms with Crippen molar-refractivity contribution < 1.29 is 33.6 Å². The monoisotopic (exact) mass is 824 g/mol. The first-order valence-electron chi connectivity index (χ1n) is 25.4. The summed E-state index contributed by atoms with van der Waals surface area (Å²) < 4.78 is 24.7. The highest BCUT2D eigenvalue weighted by atomic mass is 16.6. The van der Waals surface area contributed by atoms with Crippen molar-refractivity contribution in [2.45, 2.75) is 270 Å². The fourth-order valence-electron chi connectivity index (χ4n) is 8.30. The average molecular weight is 824 g/mol. The summed E-state index contributed by atoms with van der Waals surface area (Å²) in [5.74, 6) is -0.124. The third-order valence-corrected chi connectivity index (χ3v) is 12.0. The molecule has 0 bridgehead atoms. The molecule has 1 fully saturated rings. The van der Waals surface area contributed by atoms with Crippen LogP contribution in [0.15, 0.2) is 0 Å². The van der Waals surface area contributed by atoms with Crippen molar-refractivity contribution in [3.05, 3.63) is 0 Å². The molecule has 1 aliphatic rings. The zero-order valence-corrected chi connectivity index (χ0v) is 38.9. The van der Waals surface area contributed by atoms with Gasteiger partial charge in [-0.2, -0.15) is 0 Å². The van der Waals surface area contributed by atoms with Crippen LogP contribution in [0.25, 0.3) is 0 Å². The van der Waals surface area contributed by atoms with Crippen molar-refractivity contribution in [1.82, 2.24) is 4.90 Å². The van der Waals surface area contributed by atoms with Crippen LogP contribution in [0.2, 0.25) is 0 Å². The van der Waals surface area contributed by atoms with Crippen LogP contribution >= 0.6 is 0 Å². The van der Waals surface area contributed by atoms with Gasteiger partial charge in [-0.25, -0.2) is 0 Å². The maximum absolute atomic E-state index is 12.9. The second-order valence-electron chi connectivity index (χ2n) is 17.7. The molecule has 0 amide bonds. The Kier molecular flexibility index (Phi) is 38.9. The lowest BCUT2D eigenvalue weighted by Gasteiger charge is -2.20. The van der Waals surface area contributed by atoms with E-state index in [1.54, 1.807) is 0 Å². The molecule has 0 radical (unpaired) electrons. The summed E-state index contributed by atoms with van der Waals surface area (Å²) in [6.07, 6.45) is 38.2. The predicted molar refractivity (Wildman–Crippen MR) is 242 cm³/mol. The molecule has 0 aromatic rings. The second-order valence-corrected chi connectivity index (χ2v) is 17.7. The topological polar surface area (TPSA) is 94.5 Å². The summed E-state index contributed by atoms with van der Waals surface area (Å²) in [7, 11) is 0. The number of esters is 2. The standard InChI is InChI=1S/C50H97NO7/c1-5-9-13-17-21-25-33-45(34-26-22-18-14-10-6-2)57-49(53)37-29-31-41-55-47-43-51(39-40-52)44-48(47)56-42-32-30-38-50(54)58-46(35-27-23-19-15-11-7-3)36-28-24-20-16-12-8-4/h45-48,52H,5-44H2,1-4H3/t47-,48+. The van der Waals surface area contributed by atoms with Crippen molar-refractivity contribution in [1.29, 1.82) is 0 Å². The van der Waals surface area contributed by atoms with Crippen LogP contribution in [0.3, 0.4) is 0 Å². The number of aliphatic hydroxyl groups is 1. The van der Waals surface area contributed by atoms with Crippen LogP contribution in [0, 0.1) is 0 Å². The molecule has 2 atom stereocenters. The number of carbonyl (C=O) groups is 2. The smallest absolute Gasteiger partial charge is 0.306 e. The van der Waals surface area contributed by atoms with Crippen LogP contribution in [-0.2, 0) is 28.5 Å². The molecule has 1 rings (SSSR count). The van der Waals surface area contributed by atoms with Gasteiger partial charge in [0.2, 0.25) is 0 Å². The van der Waals surface area contributed by atoms with Gasteiger partial charge >= 0.3 is 11.9 Å². The third-order valence-electron chi connectivity index (χ3n) is 12.0. The molecule has 8 heteroatoms. The highest BCUT2D eigenvalue weighted by Gasteiger charge is 2.34. The predicted octanol–water partition coefficient (Wildman–Crippen LogP) is 13.2. The molecule has 344 valence electrons. The van der Waals surface area contributed by atoms with E-state index in [9.17, 15) is 14.7 Å². The molecule has 1 saturated heterocycles. The SMILES string of the molecule is CCCCCCCCC(CCCCCCCC)OC(=O)CCCCO[C@H]1CN(CCO)C[C@H]1OCCCCC(=O)OC(CCCCCCCC)CCCCCCCC. The van der Waals surface area contributed by atoms with Gasteiger partial charge < -0.3 is 24.1 Å². The third kappa shape index (κ3) is 32.5. The van der Waals surface area contributed by atoms with Gasteiger partial charge in [-0.3, -0.25) is 14.5 Å². The van der Waals surface area contributed by atoms with E-state index in [0.29, 0.717) is 32.6 Å². The molecule has 8 nitrogen and oxygen atoms in total. The van der Waals surface area contributed by atoms with E-state index in [1.165, 1.54) is 128 Å². The van der Waals surface area contributed by atoms with Gasteiger partial charge in [0.1, 0.15) is 12.2 Å². The minimum Gasteiger partial charge on any atom is -0.462 e. The Morgan fingerprint density at radius 1 is 0.466 bits per heavy atom. The summed E-state index contributed by atoms with van der Waals surface area (Å²) in [6.45, 7) is 12.4. The number of unbranched alkanes of at least 4 members (excludes halogenated alkanes) is 22. The highest BCUT2D eigenvalue weighted by molar-refractivity contribution is 5.69. The van der Waals surface area contributed by atoms with Crippen LogP contribution in [0.1, 0.15) is 246 Å². The fourth-order valence-corrected chi connectivity index (χ4v) is 8.30. The number of aliphatic hydroxyl groups excluding tert-OH is 1. The maximum atomic E-state index is 12.9. The number of hydrogen-bond donors (Lipinski definition) is 1. The molecular weight excluding hydrogens is 727 g/mol. The van der Waals surface area contributed by atoms with Gasteiger partial charge in [0.25, 0.3) is 0 Å². The van der Waals surface area contributed by atoms with Crippen molar-refractivity contribution >= 4 is 11.9 Å². The minimum absolute atomic E-state index is 0.0578. The molecule has 0 saturated carbocycles. The molecular formula is C50H97NO7. The van der Waals surface area contributed by atoms with Crippen molar-refractivity contribution in [2.75, 3.05) is 39.5 Å². The lowest BCUT2D eigenvalue weighted by atomic mass is 10.0. The number of carbonyl (C=O) groups excluding carboxylic acids is 2. The van der Waals surface area contributed by atoms with E-state index in [1.807, 2.05) is 0 Å². The number of nitrogens with zero attached hydrogens (tertiary/aromatic N) is 1. The zero-order chi connectivity index (χ0) is 42.2. The van der Waals surface area contributed by atoms with Crippen LogP contribution in [0.5, 0.6) is 0 Å². The molecule has 1 aliphatic heterocycles. The summed E-state index contributed by atoms with van der Waals surface area (Å²) in [4.78, 5) is 28.0. The van der Waals surface area contributed by atoms with E-state index < -0.39 is 0 Å². The Bertz CT molecular complexity index is 803. The van der Waals surface area contributed by atoms with E-state index in [4.69, 9.17) is 18.9 Å². The lowest BCUT2D eigenvalue weighted by molar-refractivity contribution is -0.151. The minimum atomic E-state index is -0.0628. The van der Waals surface area contributed by atoms with Gasteiger partial charge in [0.15, 0.2) is 0 Å². The Morgan fingerprint density at radius 3 is 1.09 bits per heavy atom. The largest absolute Gasteiger partial charge is 0.462 e. The van der Waals surface area contributed by atoms with Crippen LogP contribution < -0.4 is 0 Å². The van der Waals surface area contributed by atoms with Gasteiger partial charge in [-0.05, 0) is 77.0 Å². The normalized spacial score (nSPS) is 15.9. The first-order chi connectivity index (χ1) is 28.5. The number of hydrogen-bond acceptors (Lipinski definition) is 8. The summed E-state index contributed by atoms with van der Waals surface area (Å²) in [5.41, 5.74) is 0. The molecule has 0 unspecified atom stereocenters. The summed E-state index contributed by atoms with van der Waals surface area (Å²) in [5, 5.41) is 9.57. The van der Waals surface area contributed by atoms with Gasteiger partial charge in [0.05, 0.1) is 18.8 Å². The van der Waals surface area contributed by atoms with Gasteiger partial charge in [0, 0.05) is 45.7 Å². The lowest BCUT2D eigenvalue weighted by Crippen LogP contribution is -2.30. The summed E-state index contributed by atoms with van der Waals surface area (Å²) in [6, 6.07) is 0. The number of ether oxygens (including phenoxy) is 4. The van der Waals surface area contributed by atoms with Gasteiger partial charge in [-0.15, -0.1) is 0 Å². The number of likely N-dealkylation sites (tertiary alicyclic amines) is 1. The Labute approximate surface area is 359 Å². The molecule has 0 aliphatic carbocycles. The Balaban J connectivity index is 2.42. The number of β-amino-alcohol motifs (C(OH)–C–C–N with tert-alkyl or cyclic N) is 1. The maximum Gasteiger partial charge on any atom is 0.306 e. The van der Waals surface area contributed by atoms with Crippen LogP contribution in [-0.4, -0.2) is 85.8 Å².